The summed E-state index contributed by atoms with van der Waals surface area (Å²) in [4.78, 5) is 10.9. The number of hydrogen-bond donors (Lipinski definition) is 4. The summed E-state index contributed by atoms with van der Waals surface area (Å²) in [5, 5.41) is 33.1. The van der Waals surface area contributed by atoms with E-state index in [1.54, 1.807) is 10.9 Å². The fourth-order valence-electron chi connectivity index (χ4n) is 3.03. The second kappa shape index (κ2) is 4.67. The van der Waals surface area contributed by atoms with E-state index in [0.29, 0.717) is 12.2 Å². The van der Waals surface area contributed by atoms with E-state index in [9.17, 15) is 10.2 Å². The summed E-state index contributed by atoms with van der Waals surface area (Å²) in [6.45, 7) is 1.91. The molecule has 0 aliphatic carbocycles. The molecule has 0 aromatic carbocycles. The number of aliphatic hydroxyl groups excluding tert-OH is 3. The van der Waals surface area contributed by atoms with E-state index in [1.807, 2.05) is 0 Å². The van der Waals surface area contributed by atoms with Crippen molar-refractivity contribution in [2.75, 3.05) is 26.4 Å². The van der Waals surface area contributed by atoms with Gasteiger partial charge in [-0.15, -0.1) is 0 Å². The summed E-state index contributed by atoms with van der Waals surface area (Å²) in [6.07, 6.45) is -2.32. The van der Waals surface area contributed by atoms with Crippen molar-refractivity contribution in [2.45, 2.75) is 24.5 Å². The Bertz CT molecular complexity index is 674. The Hall–Kier alpha value is -1.68. The third-order valence-corrected chi connectivity index (χ3v) is 4.16. The van der Waals surface area contributed by atoms with Crippen molar-refractivity contribution in [3.05, 3.63) is 17.2 Å². The molecule has 3 aliphatic heterocycles. The predicted octanol–water partition coefficient (Wildman–Crippen LogP) is -3.94. The fourth-order valence-corrected chi connectivity index (χ4v) is 3.03. The first-order valence-electron chi connectivity index (χ1n) is 6.93. The SMILES string of the molecule is OC[C@H]1O[C@@H](n2cnc3c2=NCN2CCNC=32)[C@H](O)[C@@H]1O. The number of imidazole rings is 1. The van der Waals surface area contributed by atoms with Crippen molar-refractivity contribution in [1.29, 1.82) is 0 Å². The number of aromatic nitrogens is 2. The average molecular weight is 295 g/mol. The van der Waals surface area contributed by atoms with Gasteiger partial charge < -0.3 is 30.3 Å². The van der Waals surface area contributed by atoms with Gasteiger partial charge in [0.1, 0.15) is 36.2 Å². The first-order valence-corrected chi connectivity index (χ1v) is 6.93. The molecule has 114 valence electrons. The Balaban J connectivity index is 1.78. The van der Waals surface area contributed by atoms with E-state index >= 15 is 0 Å². The number of nitrogens with zero attached hydrogens (tertiary/aromatic N) is 4. The number of nitrogens with one attached hydrogen (secondary N) is 1. The fraction of sp³-hybridized carbons (Fsp3) is 0.667. The molecule has 9 heteroatoms. The molecular weight excluding hydrogens is 278 g/mol. The monoisotopic (exact) mass is 295 g/mol. The predicted molar refractivity (Wildman–Crippen MR) is 69.0 cm³/mol. The van der Waals surface area contributed by atoms with Crippen LogP contribution in [0.3, 0.4) is 0 Å². The highest BCUT2D eigenvalue weighted by atomic mass is 16.6. The van der Waals surface area contributed by atoms with Crippen LogP contribution in [0.1, 0.15) is 6.23 Å². The minimum absolute atomic E-state index is 0.352. The van der Waals surface area contributed by atoms with E-state index in [2.05, 4.69) is 20.2 Å². The third kappa shape index (κ3) is 1.78. The van der Waals surface area contributed by atoms with Crippen molar-refractivity contribution < 1.29 is 20.1 Å². The van der Waals surface area contributed by atoms with Gasteiger partial charge in [-0.05, 0) is 0 Å². The largest absolute Gasteiger partial charge is 0.394 e. The van der Waals surface area contributed by atoms with Gasteiger partial charge in [0.2, 0.25) is 0 Å². The maximum atomic E-state index is 10.1. The van der Waals surface area contributed by atoms with Crippen molar-refractivity contribution in [2.24, 2.45) is 4.99 Å². The number of rotatable bonds is 2. The van der Waals surface area contributed by atoms with Crippen LogP contribution in [-0.4, -0.2) is 74.4 Å². The summed E-state index contributed by atoms with van der Waals surface area (Å²) in [6, 6.07) is 0. The number of fused-ring (bicyclic) bond motifs is 2. The van der Waals surface area contributed by atoms with Crippen molar-refractivity contribution in [1.82, 2.24) is 19.8 Å². The molecule has 0 unspecified atom stereocenters. The van der Waals surface area contributed by atoms with Gasteiger partial charge in [-0.1, -0.05) is 0 Å². The molecule has 4 heterocycles. The molecule has 21 heavy (non-hydrogen) atoms. The van der Waals surface area contributed by atoms with E-state index in [4.69, 9.17) is 9.84 Å². The van der Waals surface area contributed by atoms with Crippen LogP contribution in [0.2, 0.25) is 0 Å². The van der Waals surface area contributed by atoms with Crippen LogP contribution in [-0.2, 0) is 4.74 Å². The minimum Gasteiger partial charge on any atom is -0.394 e. The van der Waals surface area contributed by atoms with Crippen LogP contribution in [0.25, 0.3) is 5.82 Å². The topological polar surface area (TPSA) is 115 Å². The summed E-state index contributed by atoms with van der Waals surface area (Å²) in [7, 11) is 0. The molecule has 2 saturated heterocycles. The van der Waals surface area contributed by atoms with E-state index < -0.39 is 24.5 Å². The van der Waals surface area contributed by atoms with Gasteiger partial charge in [0.05, 0.1) is 12.9 Å². The smallest absolute Gasteiger partial charge is 0.165 e. The summed E-state index contributed by atoms with van der Waals surface area (Å²) >= 11 is 0. The zero-order chi connectivity index (χ0) is 14.6. The molecule has 1 aromatic rings. The van der Waals surface area contributed by atoms with Gasteiger partial charge in [-0.3, -0.25) is 4.57 Å². The Morgan fingerprint density at radius 2 is 2.24 bits per heavy atom. The second-order valence-corrected chi connectivity index (χ2v) is 5.39. The normalized spacial score (nSPS) is 34.4. The Kier molecular flexibility index (Phi) is 2.89. The maximum Gasteiger partial charge on any atom is 0.165 e. The lowest BCUT2D eigenvalue weighted by Crippen LogP contribution is -2.45. The van der Waals surface area contributed by atoms with Gasteiger partial charge in [0, 0.05) is 13.1 Å². The number of ether oxygens (including phenoxy) is 1. The lowest BCUT2D eigenvalue weighted by atomic mass is 10.1. The van der Waals surface area contributed by atoms with E-state index in [0.717, 1.165) is 24.3 Å². The van der Waals surface area contributed by atoms with Crippen LogP contribution < -0.4 is 16.2 Å². The van der Waals surface area contributed by atoms with Crippen LogP contribution in [0.15, 0.2) is 11.3 Å². The Labute approximate surface area is 119 Å². The molecule has 9 nitrogen and oxygen atoms in total. The van der Waals surface area contributed by atoms with Gasteiger partial charge in [-0.2, -0.15) is 0 Å². The first kappa shape index (κ1) is 13.0. The molecule has 3 aliphatic rings. The van der Waals surface area contributed by atoms with Crippen LogP contribution >= 0.6 is 0 Å². The molecule has 0 bridgehead atoms. The molecule has 4 atom stereocenters. The molecule has 0 radical (unpaired) electrons. The van der Waals surface area contributed by atoms with Gasteiger partial charge >= 0.3 is 0 Å². The number of aliphatic hydroxyl groups is 3. The number of hydrogen-bond acceptors (Lipinski definition) is 8. The maximum absolute atomic E-state index is 10.1. The lowest BCUT2D eigenvalue weighted by Gasteiger charge is -2.20. The third-order valence-electron chi connectivity index (χ3n) is 4.16. The zero-order valence-electron chi connectivity index (χ0n) is 11.3. The van der Waals surface area contributed by atoms with Crippen LogP contribution in [0, 0.1) is 0 Å². The van der Waals surface area contributed by atoms with Crippen LogP contribution in [0.5, 0.6) is 0 Å². The van der Waals surface area contributed by atoms with Crippen LogP contribution in [0.4, 0.5) is 0 Å². The summed E-state index contributed by atoms with van der Waals surface area (Å²) < 4.78 is 7.14. The molecule has 4 N–H and O–H groups in total. The molecule has 0 saturated carbocycles. The Morgan fingerprint density at radius 3 is 3.00 bits per heavy atom. The average Bonchev–Trinajstić information content (AvgIpc) is 3.17. The van der Waals surface area contributed by atoms with Gasteiger partial charge in [0.15, 0.2) is 11.7 Å². The standard InChI is InChI=1S/C12H17N5O4/c18-3-6-8(19)9(20)12(21-6)17-5-14-7-10-13-1-2-16(10)4-15-11(7)17/h5-6,8-9,12-13,18-20H,1-4H2/t6-,8-,9-,12-/m1/s1. The summed E-state index contributed by atoms with van der Waals surface area (Å²) in [5.41, 5.74) is 0.616. The zero-order valence-corrected chi connectivity index (χ0v) is 11.3. The van der Waals surface area contributed by atoms with Crippen molar-refractivity contribution in [3.63, 3.8) is 0 Å². The lowest BCUT2D eigenvalue weighted by molar-refractivity contribution is -0.0546. The van der Waals surface area contributed by atoms with E-state index in [-0.39, 0.29) is 6.61 Å². The second-order valence-electron chi connectivity index (χ2n) is 5.39. The Morgan fingerprint density at radius 1 is 1.38 bits per heavy atom. The highest BCUT2D eigenvalue weighted by molar-refractivity contribution is 5.41. The summed E-state index contributed by atoms with van der Waals surface area (Å²) in [5.74, 6) is 0.936. The van der Waals surface area contributed by atoms with Gasteiger partial charge in [0.25, 0.3) is 0 Å². The molecular formula is C12H17N5O4. The molecule has 1 aromatic heterocycles. The highest BCUT2D eigenvalue weighted by Gasteiger charge is 2.44. The molecule has 4 rings (SSSR count). The molecule has 0 amide bonds. The highest BCUT2D eigenvalue weighted by Crippen LogP contribution is 2.27. The first-order chi connectivity index (χ1) is 10.2. The molecule has 2 fully saturated rings. The minimum atomic E-state index is -1.13. The van der Waals surface area contributed by atoms with Gasteiger partial charge in [-0.25, -0.2) is 9.98 Å². The van der Waals surface area contributed by atoms with Crippen molar-refractivity contribution in [3.8, 4) is 0 Å². The van der Waals surface area contributed by atoms with Crippen molar-refractivity contribution >= 4 is 5.82 Å². The molecule has 0 spiro atoms. The quantitative estimate of drug-likeness (QED) is 0.440. The van der Waals surface area contributed by atoms with E-state index in [1.165, 1.54) is 0 Å².